The molecule has 15 heteroatoms. The number of piperidine rings is 1. The molecule has 1 aliphatic rings. The number of rotatable bonds is 7. The van der Waals surface area contributed by atoms with E-state index in [-0.39, 0.29) is 31.7 Å². The van der Waals surface area contributed by atoms with Crippen LogP contribution in [-0.2, 0) is 19.6 Å². The van der Waals surface area contributed by atoms with Gasteiger partial charge in [-0.25, -0.2) is 17.5 Å². The molecule has 0 aliphatic carbocycles. The highest BCUT2D eigenvalue weighted by Crippen LogP contribution is 2.36. The van der Waals surface area contributed by atoms with Crippen LogP contribution in [0, 0.1) is 11.7 Å². The van der Waals surface area contributed by atoms with E-state index in [2.05, 4.69) is 14.8 Å². The van der Waals surface area contributed by atoms with Gasteiger partial charge in [0.1, 0.15) is 22.5 Å². The third-order valence-corrected chi connectivity index (χ3v) is 6.05. The van der Waals surface area contributed by atoms with Gasteiger partial charge >= 0.3 is 18.3 Å². The van der Waals surface area contributed by atoms with Gasteiger partial charge in [0.15, 0.2) is 0 Å². The van der Waals surface area contributed by atoms with Crippen LogP contribution in [0.5, 0.6) is 5.75 Å². The highest BCUT2D eigenvalue weighted by Gasteiger charge is 2.60. The van der Waals surface area contributed by atoms with E-state index in [1.54, 1.807) is 0 Å². The molecule has 32 heavy (non-hydrogen) atoms. The van der Waals surface area contributed by atoms with Gasteiger partial charge in [0.2, 0.25) is 10.0 Å². The summed E-state index contributed by atoms with van der Waals surface area (Å²) < 4.78 is 125. The zero-order valence-corrected chi connectivity index (χ0v) is 17.2. The van der Waals surface area contributed by atoms with Crippen LogP contribution in [0.1, 0.15) is 12.8 Å². The van der Waals surface area contributed by atoms with Crippen LogP contribution in [0.25, 0.3) is 0 Å². The van der Waals surface area contributed by atoms with E-state index in [0.29, 0.717) is 0 Å². The van der Waals surface area contributed by atoms with Gasteiger partial charge < -0.3 is 14.8 Å². The van der Waals surface area contributed by atoms with Crippen LogP contribution < -0.4 is 14.8 Å². The van der Waals surface area contributed by atoms with Crippen LogP contribution in [0.4, 0.5) is 30.7 Å². The van der Waals surface area contributed by atoms with Gasteiger partial charge in [0, 0.05) is 6.54 Å². The predicted octanol–water partition coefficient (Wildman–Crippen LogP) is 2.52. The van der Waals surface area contributed by atoms with Crippen LogP contribution in [0.3, 0.4) is 0 Å². The fraction of sp³-hybridized carbons (Fsp3) is 0.588. The van der Waals surface area contributed by atoms with E-state index in [9.17, 15) is 43.9 Å². The fourth-order valence-corrected chi connectivity index (χ4v) is 4.34. The monoisotopic (exact) mass is 496 g/mol. The Kier molecular flexibility index (Phi) is 7.99. The first-order valence-corrected chi connectivity index (χ1v) is 10.5. The van der Waals surface area contributed by atoms with Crippen LogP contribution in [-0.4, -0.2) is 59.1 Å². The number of sulfonamides is 1. The van der Waals surface area contributed by atoms with E-state index < -0.39 is 57.1 Å². The van der Waals surface area contributed by atoms with Crippen molar-refractivity contribution in [3.05, 3.63) is 24.0 Å². The zero-order valence-electron chi connectivity index (χ0n) is 16.4. The number of hydrogen-bond acceptors (Lipinski definition) is 6. The van der Waals surface area contributed by atoms with Crippen LogP contribution >= 0.6 is 0 Å². The van der Waals surface area contributed by atoms with Gasteiger partial charge in [0.25, 0.3) is 6.10 Å². The summed E-state index contributed by atoms with van der Waals surface area (Å²) in [5, 5.41) is 2.46. The third-order valence-electron chi connectivity index (χ3n) is 4.60. The molecule has 2 unspecified atom stereocenters. The van der Waals surface area contributed by atoms with E-state index in [4.69, 9.17) is 4.74 Å². The standard InChI is InChI=1S/C17H19F7N2O5S/c1-30-12-3-2-10(18)7-13(12)32(28,29)26-8-9-4-5-25-11(6-9)14(27)31-15(16(19,20)21)17(22,23)24/h2-3,7,9,11,15,25-26H,4-6,8H2,1H3. The predicted molar refractivity (Wildman–Crippen MR) is 94.6 cm³/mol. The molecule has 2 N–H and O–H groups in total. The number of ether oxygens (including phenoxy) is 2. The Morgan fingerprint density at radius 2 is 1.84 bits per heavy atom. The highest BCUT2D eigenvalue weighted by molar-refractivity contribution is 7.89. The molecule has 2 atom stereocenters. The summed E-state index contributed by atoms with van der Waals surface area (Å²) in [7, 11) is -3.10. The average molecular weight is 496 g/mol. The first kappa shape index (κ1) is 26.1. The molecule has 0 spiro atoms. The molecular formula is C17H19F7N2O5S. The van der Waals surface area contributed by atoms with Crippen molar-refractivity contribution < 1.29 is 53.4 Å². The van der Waals surface area contributed by atoms with Gasteiger partial charge in [-0.05, 0) is 43.5 Å². The number of nitrogens with one attached hydrogen (secondary N) is 2. The van der Waals surface area contributed by atoms with Gasteiger partial charge in [-0.2, -0.15) is 26.3 Å². The maximum atomic E-state index is 13.5. The number of alkyl halides is 6. The Bertz CT molecular complexity index is 907. The molecule has 182 valence electrons. The molecule has 0 bridgehead atoms. The van der Waals surface area contributed by atoms with Gasteiger partial charge in [-0.15, -0.1) is 0 Å². The Morgan fingerprint density at radius 3 is 2.41 bits per heavy atom. The number of methoxy groups -OCH3 is 1. The summed E-state index contributed by atoms with van der Waals surface area (Å²) in [4.78, 5) is 11.4. The SMILES string of the molecule is COc1ccc(F)cc1S(=O)(=O)NCC1CCNC(C(=O)OC(C(F)(F)F)C(F)(F)F)C1. The van der Waals surface area contributed by atoms with Crippen molar-refractivity contribution >= 4 is 16.0 Å². The largest absolute Gasteiger partial charge is 0.495 e. The molecule has 0 saturated carbocycles. The normalized spacial score (nSPS) is 20.3. The molecule has 1 heterocycles. The molecular weight excluding hydrogens is 477 g/mol. The van der Waals surface area contributed by atoms with Gasteiger partial charge in [-0.1, -0.05) is 0 Å². The zero-order chi connectivity index (χ0) is 24.3. The maximum Gasteiger partial charge on any atom is 0.434 e. The number of esters is 1. The highest BCUT2D eigenvalue weighted by atomic mass is 32.2. The molecule has 2 rings (SSSR count). The first-order valence-electron chi connectivity index (χ1n) is 9.05. The Morgan fingerprint density at radius 1 is 1.22 bits per heavy atom. The molecule has 1 aromatic carbocycles. The van der Waals surface area contributed by atoms with E-state index in [1.807, 2.05) is 0 Å². The van der Waals surface area contributed by atoms with E-state index >= 15 is 0 Å². The van der Waals surface area contributed by atoms with Crippen molar-refractivity contribution in [2.45, 2.75) is 42.2 Å². The third kappa shape index (κ3) is 6.68. The molecule has 1 fully saturated rings. The lowest BCUT2D eigenvalue weighted by molar-refractivity contribution is -0.314. The summed E-state index contributed by atoms with van der Waals surface area (Å²) in [6, 6.07) is 1.29. The second kappa shape index (κ2) is 9.79. The van der Waals surface area contributed by atoms with Crippen molar-refractivity contribution in [1.29, 1.82) is 0 Å². The Hall–Kier alpha value is -2.13. The summed E-state index contributed by atoms with van der Waals surface area (Å²) in [5.41, 5.74) is 0. The number of halogens is 7. The van der Waals surface area contributed by atoms with Crippen molar-refractivity contribution in [3.8, 4) is 5.75 Å². The minimum Gasteiger partial charge on any atom is -0.495 e. The maximum absolute atomic E-state index is 13.5. The molecule has 7 nitrogen and oxygen atoms in total. The second-order valence-corrected chi connectivity index (χ2v) is 8.68. The minimum absolute atomic E-state index is 0.0121. The van der Waals surface area contributed by atoms with E-state index in [1.165, 1.54) is 7.11 Å². The molecule has 1 aliphatic heterocycles. The minimum atomic E-state index is -5.85. The molecule has 1 saturated heterocycles. The van der Waals surface area contributed by atoms with Crippen LogP contribution in [0.15, 0.2) is 23.1 Å². The number of hydrogen-bond donors (Lipinski definition) is 2. The quantitative estimate of drug-likeness (QED) is 0.445. The number of carbonyl (C=O) groups excluding carboxylic acids is 1. The van der Waals surface area contributed by atoms with Crippen LogP contribution in [0.2, 0.25) is 0 Å². The van der Waals surface area contributed by atoms with Crippen molar-refractivity contribution in [2.24, 2.45) is 5.92 Å². The molecule has 1 aromatic rings. The van der Waals surface area contributed by atoms with E-state index in [0.717, 1.165) is 18.2 Å². The number of carbonyl (C=O) groups is 1. The molecule has 0 radical (unpaired) electrons. The van der Waals surface area contributed by atoms with Crippen molar-refractivity contribution in [1.82, 2.24) is 10.0 Å². The fourth-order valence-electron chi connectivity index (χ4n) is 3.04. The van der Waals surface area contributed by atoms with Crippen molar-refractivity contribution in [3.63, 3.8) is 0 Å². The topological polar surface area (TPSA) is 93.7 Å². The molecule has 0 amide bonds. The molecule has 0 aromatic heterocycles. The van der Waals surface area contributed by atoms with Gasteiger partial charge in [0.05, 0.1) is 7.11 Å². The lowest BCUT2D eigenvalue weighted by Gasteiger charge is -2.31. The summed E-state index contributed by atoms with van der Waals surface area (Å²) in [6.07, 6.45) is -16.0. The summed E-state index contributed by atoms with van der Waals surface area (Å²) in [6.45, 7) is -0.298. The van der Waals surface area contributed by atoms with Crippen molar-refractivity contribution in [2.75, 3.05) is 20.2 Å². The number of benzene rings is 1. The van der Waals surface area contributed by atoms with Gasteiger partial charge in [-0.3, -0.25) is 4.79 Å². The average Bonchev–Trinajstić information content (AvgIpc) is 2.69. The second-order valence-electron chi connectivity index (χ2n) is 6.94. The lowest BCUT2D eigenvalue weighted by Crippen LogP contribution is -2.51. The lowest BCUT2D eigenvalue weighted by atomic mass is 9.92. The smallest absolute Gasteiger partial charge is 0.434 e. The Balaban J connectivity index is 2.04. The first-order chi connectivity index (χ1) is 14.6. The Labute approximate surface area is 178 Å². The summed E-state index contributed by atoms with van der Waals surface area (Å²) in [5.74, 6) is -3.38. The summed E-state index contributed by atoms with van der Waals surface area (Å²) >= 11 is 0.